The second-order valence-corrected chi connectivity index (χ2v) is 6.18. The molecule has 5 nitrogen and oxygen atoms in total. The van der Waals surface area contributed by atoms with Gasteiger partial charge in [-0.3, -0.25) is 5.32 Å². The number of rotatable bonds is 3. The van der Waals surface area contributed by atoms with Crippen molar-refractivity contribution in [1.29, 1.82) is 0 Å². The Morgan fingerprint density at radius 2 is 2.04 bits per heavy atom. The molecular weight excluding hydrogens is 339 g/mol. The number of cyclic esters (lactones) is 1. The SMILES string of the molecule is O=C1Nc2ccc(Cl)cc2[C@](C(F)(F)F)(C(O)(CO)C2CC2)O1. The topological polar surface area (TPSA) is 78.8 Å². The van der Waals surface area contributed by atoms with E-state index in [1.165, 1.54) is 12.1 Å². The van der Waals surface area contributed by atoms with Gasteiger partial charge < -0.3 is 14.9 Å². The van der Waals surface area contributed by atoms with Crippen molar-refractivity contribution in [2.75, 3.05) is 11.9 Å². The highest BCUT2D eigenvalue weighted by Gasteiger charge is 2.75. The number of hydrogen-bond acceptors (Lipinski definition) is 4. The smallest absolute Gasteiger partial charge is 0.425 e. The molecule has 3 N–H and O–H groups in total. The lowest BCUT2D eigenvalue weighted by Gasteiger charge is -2.48. The van der Waals surface area contributed by atoms with Crippen molar-refractivity contribution >= 4 is 23.4 Å². The first-order chi connectivity index (χ1) is 10.7. The van der Waals surface area contributed by atoms with E-state index in [1.807, 2.05) is 0 Å². The summed E-state index contributed by atoms with van der Waals surface area (Å²) < 4.78 is 46.7. The molecule has 1 aromatic rings. The van der Waals surface area contributed by atoms with Crippen LogP contribution in [-0.4, -0.2) is 34.7 Å². The third-order valence-corrected chi connectivity index (χ3v) is 4.58. The van der Waals surface area contributed by atoms with Crippen molar-refractivity contribution < 1.29 is 32.9 Å². The Balaban J connectivity index is 2.33. The van der Waals surface area contributed by atoms with Crippen LogP contribution in [0.25, 0.3) is 0 Å². The van der Waals surface area contributed by atoms with Gasteiger partial charge in [0, 0.05) is 10.6 Å². The van der Waals surface area contributed by atoms with Gasteiger partial charge in [0.25, 0.3) is 5.60 Å². The van der Waals surface area contributed by atoms with Crippen molar-refractivity contribution in [2.24, 2.45) is 5.92 Å². The van der Waals surface area contributed by atoms with E-state index in [1.54, 1.807) is 0 Å². The normalized spacial score (nSPS) is 26.8. The number of ether oxygens (including phenoxy) is 1. The Bertz CT molecular complexity index is 664. The fourth-order valence-corrected chi connectivity index (χ4v) is 3.28. The number of anilines is 1. The van der Waals surface area contributed by atoms with E-state index in [4.69, 9.17) is 11.6 Å². The minimum absolute atomic E-state index is 0.0202. The average Bonchev–Trinajstić information content (AvgIpc) is 3.29. The van der Waals surface area contributed by atoms with Crippen LogP contribution in [0.5, 0.6) is 0 Å². The van der Waals surface area contributed by atoms with E-state index in [0.29, 0.717) is 0 Å². The molecule has 126 valence electrons. The van der Waals surface area contributed by atoms with Crippen molar-refractivity contribution in [2.45, 2.75) is 30.2 Å². The van der Waals surface area contributed by atoms with Gasteiger partial charge in [-0.1, -0.05) is 11.6 Å². The number of fused-ring (bicyclic) bond motifs is 1. The van der Waals surface area contributed by atoms with Gasteiger partial charge in [0.2, 0.25) is 0 Å². The molecule has 0 bridgehead atoms. The monoisotopic (exact) mass is 351 g/mol. The fraction of sp³-hybridized carbons (Fsp3) is 0.500. The standard InChI is InChI=1S/C14H13ClF3NO4/c15-8-3-4-10-9(5-8)13(14(16,17)18,23-11(21)19-10)12(22,6-20)7-1-2-7/h3-5,7,20,22H,1-2,6H2,(H,19,21)/t12?,13-/m1/s1. The van der Waals surface area contributed by atoms with Crippen LogP contribution in [0.2, 0.25) is 5.02 Å². The molecule has 2 atom stereocenters. The highest BCUT2D eigenvalue weighted by atomic mass is 35.5. The number of carbonyl (C=O) groups excluding carboxylic acids is 1. The molecule has 1 aliphatic heterocycles. The van der Waals surface area contributed by atoms with Crippen molar-refractivity contribution in [1.82, 2.24) is 0 Å². The first-order valence-electron chi connectivity index (χ1n) is 6.85. The predicted molar refractivity (Wildman–Crippen MR) is 74.0 cm³/mol. The Morgan fingerprint density at radius 3 is 2.57 bits per heavy atom. The molecule has 1 unspecified atom stereocenters. The van der Waals surface area contributed by atoms with Crippen LogP contribution in [-0.2, 0) is 10.3 Å². The molecule has 1 heterocycles. The summed E-state index contributed by atoms with van der Waals surface area (Å²) in [6.07, 6.45) is -5.94. The summed E-state index contributed by atoms with van der Waals surface area (Å²) in [7, 11) is 0. The van der Waals surface area contributed by atoms with Crippen LogP contribution < -0.4 is 5.32 Å². The molecule has 1 fully saturated rings. The number of aliphatic hydroxyl groups excluding tert-OH is 1. The zero-order valence-electron chi connectivity index (χ0n) is 11.7. The molecular formula is C14H13ClF3NO4. The minimum atomic E-state index is -5.16. The number of carbonyl (C=O) groups is 1. The van der Waals surface area contributed by atoms with Crippen molar-refractivity contribution in [3.8, 4) is 0 Å². The summed E-state index contributed by atoms with van der Waals surface area (Å²) in [4.78, 5) is 11.7. The van der Waals surface area contributed by atoms with Gasteiger partial charge in [0.05, 0.1) is 12.3 Å². The molecule has 23 heavy (non-hydrogen) atoms. The predicted octanol–water partition coefficient (Wildman–Crippen LogP) is 2.79. The van der Waals surface area contributed by atoms with Crippen LogP contribution >= 0.6 is 11.6 Å². The maximum atomic E-state index is 14.0. The van der Waals surface area contributed by atoms with Gasteiger partial charge >= 0.3 is 12.3 Å². The van der Waals surface area contributed by atoms with Gasteiger partial charge in [-0.15, -0.1) is 0 Å². The molecule has 1 aliphatic carbocycles. The Kier molecular flexibility index (Phi) is 3.55. The first kappa shape index (κ1) is 16.4. The Hall–Kier alpha value is -1.51. The summed E-state index contributed by atoms with van der Waals surface area (Å²) in [6, 6.07) is 3.48. The largest absolute Gasteiger partial charge is 0.435 e. The highest BCUT2D eigenvalue weighted by molar-refractivity contribution is 6.30. The van der Waals surface area contributed by atoms with Crippen molar-refractivity contribution in [3.63, 3.8) is 0 Å². The lowest BCUT2D eigenvalue weighted by atomic mass is 9.72. The Morgan fingerprint density at radius 1 is 1.39 bits per heavy atom. The highest BCUT2D eigenvalue weighted by Crippen LogP contribution is 2.59. The van der Waals surface area contributed by atoms with E-state index in [0.717, 1.165) is 6.07 Å². The van der Waals surface area contributed by atoms with Crippen LogP contribution in [0.15, 0.2) is 18.2 Å². The number of aliphatic hydroxyl groups is 2. The van der Waals surface area contributed by atoms with Crippen molar-refractivity contribution in [3.05, 3.63) is 28.8 Å². The van der Waals surface area contributed by atoms with E-state index in [9.17, 15) is 28.2 Å². The lowest BCUT2D eigenvalue weighted by molar-refractivity contribution is -0.334. The molecule has 3 rings (SSSR count). The maximum absolute atomic E-state index is 14.0. The molecule has 9 heteroatoms. The fourth-order valence-electron chi connectivity index (χ4n) is 3.11. The summed E-state index contributed by atoms with van der Waals surface area (Å²) in [5.74, 6) is -0.841. The number of alkyl halides is 3. The van der Waals surface area contributed by atoms with Gasteiger partial charge in [-0.25, -0.2) is 4.79 Å². The molecule has 1 saturated carbocycles. The zero-order valence-corrected chi connectivity index (χ0v) is 12.4. The summed E-state index contributed by atoms with van der Waals surface area (Å²) in [5, 5.41) is 22.4. The third kappa shape index (κ3) is 2.20. The summed E-state index contributed by atoms with van der Waals surface area (Å²) >= 11 is 5.80. The average molecular weight is 352 g/mol. The number of hydrogen-bond donors (Lipinski definition) is 3. The molecule has 0 saturated heterocycles. The van der Waals surface area contributed by atoms with E-state index in [2.05, 4.69) is 10.1 Å². The van der Waals surface area contributed by atoms with Crippen LogP contribution in [0, 0.1) is 5.92 Å². The van der Waals surface area contributed by atoms with Gasteiger partial charge in [0.15, 0.2) is 0 Å². The molecule has 2 aliphatic rings. The quantitative estimate of drug-likeness (QED) is 0.782. The lowest BCUT2D eigenvalue weighted by Crippen LogP contribution is -2.67. The van der Waals surface area contributed by atoms with Crippen LogP contribution in [0.3, 0.4) is 0 Å². The zero-order chi connectivity index (χ0) is 17.0. The van der Waals surface area contributed by atoms with E-state index < -0.39 is 41.6 Å². The number of halogens is 4. The maximum Gasteiger partial charge on any atom is 0.435 e. The first-order valence-corrected chi connectivity index (χ1v) is 7.23. The molecule has 0 spiro atoms. The summed E-state index contributed by atoms with van der Waals surface area (Å²) in [6.45, 7) is -1.21. The van der Waals surface area contributed by atoms with Gasteiger partial charge in [-0.05, 0) is 37.0 Å². The van der Waals surface area contributed by atoms with Crippen LogP contribution in [0.1, 0.15) is 18.4 Å². The van der Waals surface area contributed by atoms with Crippen LogP contribution in [0.4, 0.5) is 23.7 Å². The molecule has 0 radical (unpaired) electrons. The Labute approximate surface area is 134 Å². The number of nitrogens with one attached hydrogen (secondary N) is 1. The summed E-state index contributed by atoms with van der Waals surface area (Å²) in [5.41, 5.74) is -6.78. The van der Waals surface area contributed by atoms with E-state index in [-0.39, 0.29) is 23.6 Å². The van der Waals surface area contributed by atoms with Gasteiger partial charge in [-0.2, -0.15) is 13.2 Å². The third-order valence-electron chi connectivity index (χ3n) is 4.35. The molecule has 0 aromatic heterocycles. The second-order valence-electron chi connectivity index (χ2n) is 5.74. The number of benzene rings is 1. The van der Waals surface area contributed by atoms with Gasteiger partial charge in [0.1, 0.15) is 5.60 Å². The minimum Gasteiger partial charge on any atom is -0.425 e. The molecule has 1 aromatic carbocycles. The number of amides is 1. The van der Waals surface area contributed by atoms with E-state index >= 15 is 0 Å². The second kappa shape index (κ2) is 4.99. The molecule has 1 amide bonds.